The van der Waals surface area contributed by atoms with Gasteiger partial charge in [-0.1, -0.05) is 12.1 Å². The SMILES string of the molecule is CC(NC(C)c1ccc(F)cc1)C(N)=O. The predicted molar refractivity (Wildman–Crippen MR) is 56.6 cm³/mol. The molecule has 3 N–H and O–H groups in total. The average Bonchev–Trinajstić information content (AvgIpc) is 2.18. The summed E-state index contributed by atoms with van der Waals surface area (Å²) < 4.78 is 12.6. The minimum absolute atomic E-state index is 0.0342. The van der Waals surface area contributed by atoms with E-state index in [1.54, 1.807) is 19.1 Å². The van der Waals surface area contributed by atoms with E-state index in [2.05, 4.69) is 5.32 Å². The Morgan fingerprint density at radius 3 is 2.33 bits per heavy atom. The van der Waals surface area contributed by atoms with Crippen LogP contribution < -0.4 is 11.1 Å². The zero-order valence-electron chi connectivity index (χ0n) is 8.83. The Morgan fingerprint density at radius 2 is 1.87 bits per heavy atom. The van der Waals surface area contributed by atoms with Crippen LogP contribution in [0.1, 0.15) is 25.5 Å². The topological polar surface area (TPSA) is 55.1 Å². The highest BCUT2D eigenvalue weighted by atomic mass is 19.1. The van der Waals surface area contributed by atoms with Crippen molar-refractivity contribution in [2.24, 2.45) is 5.73 Å². The van der Waals surface area contributed by atoms with Crippen LogP contribution in [0.25, 0.3) is 0 Å². The summed E-state index contributed by atoms with van der Waals surface area (Å²) in [5, 5.41) is 3.02. The Hall–Kier alpha value is -1.42. The van der Waals surface area contributed by atoms with Crippen molar-refractivity contribution in [1.82, 2.24) is 5.32 Å². The second kappa shape index (κ2) is 4.89. The maximum atomic E-state index is 12.6. The number of hydrogen-bond acceptors (Lipinski definition) is 2. The highest BCUT2D eigenvalue weighted by Gasteiger charge is 2.12. The van der Waals surface area contributed by atoms with Crippen LogP contribution in [0.4, 0.5) is 4.39 Å². The van der Waals surface area contributed by atoms with Crippen molar-refractivity contribution in [3.8, 4) is 0 Å². The Kier molecular flexibility index (Phi) is 3.80. The summed E-state index contributed by atoms with van der Waals surface area (Å²) in [6.45, 7) is 3.59. The second-order valence-electron chi connectivity index (χ2n) is 3.56. The molecule has 2 atom stereocenters. The van der Waals surface area contributed by atoms with Crippen molar-refractivity contribution in [2.75, 3.05) is 0 Å². The molecule has 1 rings (SSSR count). The number of carbonyl (C=O) groups is 1. The van der Waals surface area contributed by atoms with Crippen LogP contribution in [0.3, 0.4) is 0 Å². The summed E-state index contributed by atoms with van der Waals surface area (Å²) >= 11 is 0. The van der Waals surface area contributed by atoms with Crippen molar-refractivity contribution in [3.05, 3.63) is 35.6 Å². The Labute approximate surface area is 88.5 Å². The summed E-state index contributed by atoms with van der Waals surface area (Å²) in [5.41, 5.74) is 6.05. The molecule has 15 heavy (non-hydrogen) atoms. The molecule has 0 heterocycles. The van der Waals surface area contributed by atoms with E-state index in [4.69, 9.17) is 5.73 Å². The predicted octanol–water partition coefficient (Wildman–Crippen LogP) is 1.35. The van der Waals surface area contributed by atoms with Gasteiger partial charge in [-0.15, -0.1) is 0 Å². The molecule has 4 heteroatoms. The van der Waals surface area contributed by atoms with Crippen molar-refractivity contribution in [3.63, 3.8) is 0 Å². The lowest BCUT2D eigenvalue weighted by Crippen LogP contribution is -2.39. The number of nitrogens with two attached hydrogens (primary N) is 1. The molecule has 0 aliphatic rings. The maximum absolute atomic E-state index is 12.6. The average molecular weight is 210 g/mol. The van der Waals surface area contributed by atoms with Gasteiger partial charge in [-0.05, 0) is 31.5 Å². The number of hydrogen-bond donors (Lipinski definition) is 2. The fraction of sp³-hybridized carbons (Fsp3) is 0.364. The number of rotatable bonds is 4. The number of benzene rings is 1. The third kappa shape index (κ3) is 3.32. The van der Waals surface area contributed by atoms with Crippen LogP contribution in [0.15, 0.2) is 24.3 Å². The molecule has 0 bridgehead atoms. The van der Waals surface area contributed by atoms with Crippen LogP contribution in [-0.2, 0) is 4.79 Å². The van der Waals surface area contributed by atoms with Gasteiger partial charge in [-0.3, -0.25) is 10.1 Å². The van der Waals surface area contributed by atoms with E-state index in [-0.39, 0.29) is 11.9 Å². The monoisotopic (exact) mass is 210 g/mol. The van der Waals surface area contributed by atoms with Crippen molar-refractivity contribution < 1.29 is 9.18 Å². The van der Waals surface area contributed by atoms with Gasteiger partial charge in [-0.25, -0.2) is 4.39 Å². The van der Waals surface area contributed by atoms with E-state index in [9.17, 15) is 9.18 Å². The molecule has 0 aliphatic carbocycles. The van der Waals surface area contributed by atoms with Gasteiger partial charge in [0, 0.05) is 6.04 Å². The lowest BCUT2D eigenvalue weighted by Gasteiger charge is -2.17. The Balaban J connectivity index is 2.64. The molecule has 1 amide bonds. The Morgan fingerprint density at radius 1 is 1.33 bits per heavy atom. The molecule has 0 aromatic heterocycles. The second-order valence-corrected chi connectivity index (χ2v) is 3.56. The minimum atomic E-state index is -0.399. The van der Waals surface area contributed by atoms with E-state index in [1.165, 1.54) is 12.1 Å². The molecule has 3 nitrogen and oxygen atoms in total. The van der Waals surface area contributed by atoms with E-state index < -0.39 is 11.9 Å². The summed E-state index contributed by atoms with van der Waals surface area (Å²) in [6, 6.07) is 5.71. The molecule has 1 aromatic carbocycles. The van der Waals surface area contributed by atoms with E-state index >= 15 is 0 Å². The highest BCUT2D eigenvalue weighted by Crippen LogP contribution is 2.13. The van der Waals surface area contributed by atoms with Crippen LogP contribution in [0.5, 0.6) is 0 Å². The lowest BCUT2D eigenvalue weighted by molar-refractivity contribution is -0.119. The van der Waals surface area contributed by atoms with Crippen LogP contribution in [0.2, 0.25) is 0 Å². The molecule has 0 saturated heterocycles. The standard InChI is InChI=1S/C11H15FN2O/c1-7(14-8(2)11(13)15)9-3-5-10(12)6-4-9/h3-8,14H,1-2H3,(H2,13,15). The number of nitrogens with one attached hydrogen (secondary N) is 1. The van der Waals surface area contributed by atoms with E-state index in [0.29, 0.717) is 0 Å². The van der Waals surface area contributed by atoms with Gasteiger partial charge in [-0.2, -0.15) is 0 Å². The Bertz CT molecular complexity index is 337. The van der Waals surface area contributed by atoms with Crippen LogP contribution in [-0.4, -0.2) is 11.9 Å². The molecule has 0 radical (unpaired) electrons. The quantitative estimate of drug-likeness (QED) is 0.788. The fourth-order valence-electron chi connectivity index (χ4n) is 1.30. The first-order valence-corrected chi connectivity index (χ1v) is 4.81. The van der Waals surface area contributed by atoms with Gasteiger partial charge in [0.1, 0.15) is 5.82 Å². The molecule has 2 unspecified atom stereocenters. The van der Waals surface area contributed by atoms with Gasteiger partial charge in [0.05, 0.1) is 6.04 Å². The van der Waals surface area contributed by atoms with E-state index in [0.717, 1.165) is 5.56 Å². The zero-order valence-corrected chi connectivity index (χ0v) is 8.83. The molecule has 0 spiro atoms. The van der Waals surface area contributed by atoms with Crippen LogP contribution in [0, 0.1) is 5.82 Å². The minimum Gasteiger partial charge on any atom is -0.368 e. The molecule has 82 valence electrons. The van der Waals surface area contributed by atoms with Gasteiger partial charge < -0.3 is 5.73 Å². The number of halogens is 1. The molecule has 0 saturated carbocycles. The lowest BCUT2D eigenvalue weighted by atomic mass is 10.1. The normalized spacial score (nSPS) is 14.6. The fourth-order valence-corrected chi connectivity index (χ4v) is 1.30. The molecular weight excluding hydrogens is 195 g/mol. The molecular formula is C11H15FN2O. The van der Waals surface area contributed by atoms with Crippen LogP contribution >= 0.6 is 0 Å². The summed E-state index contributed by atoms with van der Waals surface area (Å²) in [4.78, 5) is 10.8. The van der Waals surface area contributed by atoms with Crippen molar-refractivity contribution in [2.45, 2.75) is 25.9 Å². The third-order valence-corrected chi connectivity index (χ3v) is 2.30. The van der Waals surface area contributed by atoms with Crippen molar-refractivity contribution >= 4 is 5.91 Å². The first-order valence-electron chi connectivity index (χ1n) is 4.81. The van der Waals surface area contributed by atoms with Gasteiger partial charge in [0.15, 0.2) is 0 Å². The smallest absolute Gasteiger partial charge is 0.234 e. The summed E-state index contributed by atoms with van der Waals surface area (Å²) in [7, 11) is 0. The van der Waals surface area contributed by atoms with Gasteiger partial charge in [0.2, 0.25) is 5.91 Å². The largest absolute Gasteiger partial charge is 0.368 e. The number of amides is 1. The molecule has 0 fully saturated rings. The summed E-state index contributed by atoms with van der Waals surface area (Å²) in [5.74, 6) is -0.669. The third-order valence-electron chi connectivity index (χ3n) is 2.30. The highest BCUT2D eigenvalue weighted by molar-refractivity contribution is 5.79. The maximum Gasteiger partial charge on any atom is 0.234 e. The first kappa shape index (κ1) is 11.7. The van der Waals surface area contributed by atoms with Crippen molar-refractivity contribution in [1.29, 1.82) is 0 Å². The zero-order chi connectivity index (χ0) is 11.4. The first-order chi connectivity index (χ1) is 7.00. The summed E-state index contributed by atoms with van der Waals surface area (Å²) in [6.07, 6.45) is 0. The van der Waals surface area contributed by atoms with Gasteiger partial charge >= 0.3 is 0 Å². The molecule has 0 aliphatic heterocycles. The number of primary amides is 1. The van der Waals surface area contributed by atoms with Gasteiger partial charge in [0.25, 0.3) is 0 Å². The van der Waals surface area contributed by atoms with E-state index in [1.807, 2.05) is 6.92 Å². The molecule has 1 aromatic rings. The number of carbonyl (C=O) groups excluding carboxylic acids is 1.